The van der Waals surface area contributed by atoms with Gasteiger partial charge in [-0.05, 0) is 0 Å². The van der Waals surface area contributed by atoms with Gasteiger partial charge < -0.3 is 18.9 Å². The number of thiophene rings is 1. The van der Waals surface area contributed by atoms with E-state index in [1.165, 1.54) is 25.6 Å². The van der Waals surface area contributed by atoms with Gasteiger partial charge in [0.2, 0.25) is 0 Å². The fourth-order valence-corrected chi connectivity index (χ4v) is 2.88. The second-order valence-corrected chi connectivity index (χ2v) is 5.00. The minimum Gasteiger partial charge on any atom is -0.485 e. The maximum atomic E-state index is 11.4. The Morgan fingerprint density at radius 1 is 1.00 bits per heavy atom. The summed E-state index contributed by atoms with van der Waals surface area (Å²) >= 11 is 1.31. The SMILES string of the molecule is COC(=O)Cc1sc(CC(=O)OC)c2c1OCCO2. The molecule has 2 heterocycles. The molecule has 104 valence electrons. The summed E-state index contributed by atoms with van der Waals surface area (Å²) in [5.74, 6) is 0.367. The van der Waals surface area contributed by atoms with E-state index >= 15 is 0 Å². The van der Waals surface area contributed by atoms with Gasteiger partial charge in [-0.3, -0.25) is 9.59 Å². The fraction of sp³-hybridized carbons (Fsp3) is 0.500. The zero-order valence-corrected chi connectivity index (χ0v) is 11.5. The molecule has 1 aromatic heterocycles. The molecule has 1 aliphatic heterocycles. The Hall–Kier alpha value is -1.76. The first kappa shape index (κ1) is 13.7. The lowest BCUT2D eigenvalue weighted by atomic mass is 10.2. The quantitative estimate of drug-likeness (QED) is 0.767. The van der Waals surface area contributed by atoms with Gasteiger partial charge in [-0.25, -0.2) is 0 Å². The largest absolute Gasteiger partial charge is 0.485 e. The smallest absolute Gasteiger partial charge is 0.310 e. The highest BCUT2D eigenvalue weighted by atomic mass is 32.1. The van der Waals surface area contributed by atoms with Gasteiger partial charge in [0.1, 0.15) is 13.2 Å². The Bertz CT molecular complexity index is 450. The number of methoxy groups -OCH3 is 2. The number of fused-ring (bicyclic) bond motifs is 1. The molecule has 0 radical (unpaired) electrons. The first-order valence-electron chi connectivity index (χ1n) is 5.69. The van der Waals surface area contributed by atoms with Crippen molar-refractivity contribution in [1.82, 2.24) is 0 Å². The van der Waals surface area contributed by atoms with Crippen LogP contribution in [-0.2, 0) is 31.9 Å². The van der Waals surface area contributed by atoms with Crippen molar-refractivity contribution < 1.29 is 28.5 Å². The van der Waals surface area contributed by atoms with Crippen LogP contribution in [-0.4, -0.2) is 39.4 Å². The topological polar surface area (TPSA) is 71.1 Å². The second-order valence-electron chi connectivity index (χ2n) is 3.81. The van der Waals surface area contributed by atoms with Crippen molar-refractivity contribution in [3.63, 3.8) is 0 Å². The van der Waals surface area contributed by atoms with Crippen LogP contribution in [0.1, 0.15) is 9.75 Å². The molecule has 0 unspecified atom stereocenters. The van der Waals surface area contributed by atoms with Gasteiger partial charge in [0.15, 0.2) is 11.5 Å². The van der Waals surface area contributed by atoms with E-state index in [1.54, 1.807) is 0 Å². The van der Waals surface area contributed by atoms with Crippen LogP contribution in [0.25, 0.3) is 0 Å². The van der Waals surface area contributed by atoms with Crippen molar-refractivity contribution in [3.05, 3.63) is 9.75 Å². The molecule has 0 bridgehead atoms. The first-order valence-corrected chi connectivity index (χ1v) is 6.51. The molecule has 2 rings (SSSR count). The fourth-order valence-electron chi connectivity index (χ4n) is 1.71. The number of esters is 2. The van der Waals surface area contributed by atoms with E-state index in [0.717, 1.165) is 0 Å². The molecule has 0 N–H and O–H groups in total. The number of hydrogen-bond acceptors (Lipinski definition) is 7. The maximum absolute atomic E-state index is 11.4. The van der Waals surface area contributed by atoms with Crippen LogP contribution >= 0.6 is 11.3 Å². The van der Waals surface area contributed by atoms with Crippen LogP contribution in [0.4, 0.5) is 0 Å². The van der Waals surface area contributed by atoms with Crippen LogP contribution in [0.2, 0.25) is 0 Å². The predicted octanol–water partition coefficient (Wildman–Crippen LogP) is 0.950. The molecule has 0 aliphatic carbocycles. The molecule has 7 heteroatoms. The number of carbonyl (C=O) groups excluding carboxylic acids is 2. The zero-order valence-electron chi connectivity index (χ0n) is 10.7. The molecule has 1 aliphatic rings. The monoisotopic (exact) mass is 286 g/mol. The molecule has 0 atom stereocenters. The van der Waals surface area contributed by atoms with Crippen molar-refractivity contribution in [2.24, 2.45) is 0 Å². The maximum Gasteiger partial charge on any atom is 0.310 e. The Morgan fingerprint density at radius 3 is 1.79 bits per heavy atom. The van der Waals surface area contributed by atoms with Gasteiger partial charge >= 0.3 is 11.9 Å². The number of hydrogen-bond donors (Lipinski definition) is 0. The Morgan fingerprint density at radius 2 is 1.42 bits per heavy atom. The molecule has 6 nitrogen and oxygen atoms in total. The standard InChI is InChI=1S/C12H14O6S/c1-15-9(13)5-7-11-12(18-4-3-17-11)8(19-7)6-10(14)16-2/h3-6H2,1-2H3. The highest BCUT2D eigenvalue weighted by molar-refractivity contribution is 7.13. The van der Waals surface area contributed by atoms with Gasteiger partial charge in [-0.15, -0.1) is 11.3 Å². The van der Waals surface area contributed by atoms with Gasteiger partial charge in [0.25, 0.3) is 0 Å². The molecule has 0 aromatic carbocycles. The lowest BCUT2D eigenvalue weighted by Crippen LogP contribution is -2.16. The summed E-state index contributed by atoms with van der Waals surface area (Å²) in [7, 11) is 2.66. The third-order valence-corrected chi connectivity index (χ3v) is 3.75. The summed E-state index contributed by atoms with van der Waals surface area (Å²) in [6.07, 6.45) is 0.210. The molecule has 0 fully saturated rings. The molecule has 19 heavy (non-hydrogen) atoms. The van der Waals surface area contributed by atoms with Gasteiger partial charge in [-0.1, -0.05) is 0 Å². The minimum atomic E-state index is -0.358. The Kier molecular flexibility index (Phi) is 4.26. The van der Waals surface area contributed by atoms with E-state index in [2.05, 4.69) is 9.47 Å². The average molecular weight is 286 g/mol. The molecule has 0 amide bonds. The minimum absolute atomic E-state index is 0.105. The van der Waals surface area contributed by atoms with Crippen molar-refractivity contribution in [2.75, 3.05) is 27.4 Å². The molecule has 0 spiro atoms. The first-order chi connectivity index (χ1) is 9.15. The predicted molar refractivity (Wildman–Crippen MR) is 66.7 cm³/mol. The van der Waals surface area contributed by atoms with Crippen LogP contribution in [0.15, 0.2) is 0 Å². The van der Waals surface area contributed by atoms with Crippen LogP contribution in [0.5, 0.6) is 11.5 Å². The van der Waals surface area contributed by atoms with Crippen LogP contribution in [0, 0.1) is 0 Å². The summed E-state index contributed by atoms with van der Waals surface area (Å²) in [6.45, 7) is 0.852. The highest BCUT2D eigenvalue weighted by Crippen LogP contribution is 2.44. The van der Waals surface area contributed by atoms with Gasteiger partial charge in [-0.2, -0.15) is 0 Å². The van der Waals surface area contributed by atoms with Gasteiger partial charge in [0.05, 0.1) is 36.8 Å². The summed E-state index contributed by atoms with van der Waals surface area (Å²) in [5.41, 5.74) is 0. The summed E-state index contributed by atoms with van der Waals surface area (Å²) in [4.78, 5) is 24.1. The van der Waals surface area contributed by atoms with Crippen LogP contribution in [0.3, 0.4) is 0 Å². The van der Waals surface area contributed by atoms with Crippen molar-refractivity contribution in [2.45, 2.75) is 12.8 Å². The van der Waals surface area contributed by atoms with Crippen molar-refractivity contribution >= 4 is 23.3 Å². The van der Waals surface area contributed by atoms with Crippen LogP contribution < -0.4 is 9.47 Å². The Balaban J connectivity index is 2.28. The van der Waals surface area contributed by atoms with E-state index in [0.29, 0.717) is 34.5 Å². The lowest BCUT2D eigenvalue weighted by molar-refractivity contribution is -0.140. The zero-order chi connectivity index (χ0) is 13.8. The highest BCUT2D eigenvalue weighted by Gasteiger charge is 2.27. The lowest BCUT2D eigenvalue weighted by Gasteiger charge is -2.17. The van der Waals surface area contributed by atoms with E-state index in [-0.39, 0.29) is 24.8 Å². The van der Waals surface area contributed by atoms with Gasteiger partial charge in [0, 0.05) is 0 Å². The van der Waals surface area contributed by atoms with E-state index < -0.39 is 0 Å². The van der Waals surface area contributed by atoms with Crippen molar-refractivity contribution in [1.29, 1.82) is 0 Å². The molecular formula is C12H14O6S. The average Bonchev–Trinajstić information content (AvgIpc) is 2.77. The summed E-state index contributed by atoms with van der Waals surface area (Å²) in [6, 6.07) is 0. The summed E-state index contributed by atoms with van der Waals surface area (Å²) in [5, 5.41) is 0. The number of rotatable bonds is 4. The third-order valence-electron chi connectivity index (χ3n) is 2.60. The molecule has 0 saturated carbocycles. The number of ether oxygens (including phenoxy) is 4. The van der Waals surface area contributed by atoms with E-state index in [4.69, 9.17) is 9.47 Å². The van der Waals surface area contributed by atoms with E-state index in [1.807, 2.05) is 0 Å². The third kappa shape index (κ3) is 2.98. The normalized spacial score (nSPS) is 12.9. The molecule has 1 aromatic rings. The van der Waals surface area contributed by atoms with E-state index in [9.17, 15) is 9.59 Å². The second kappa shape index (κ2) is 5.92. The number of carbonyl (C=O) groups is 2. The van der Waals surface area contributed by atoms with Crippen molar-refractivity contribution in [3.8, 4) is 11.5 Å². The Labute approximate surface area is 114 Å². The molecular weight excluding hydrogens is 272 g/mol. The molecule has 0 saturated heterocycles. The summed E-state index contributed by atoms with van der Waals surface area (Å²) < 4.78 is 20.3.